The zero-order valence-corrected chi connectivity index (χ0v) is 12.4. The van der Waals surface area contributed by atoms with Crippen LogP contribution in [0, 0.1) is 0 Å². The van der Waals surface area contributed by atoms with Crippen LogP contribution in [0.2, 0.25) is 0 Å². The van der Waals surface area contributed by atoms with Crippen molar-refractivity contribution in [2.75, 3.05) is 12.4 Å². The molecule has 2 aromatic rings. The van der Waals surface area contributed by atoms with Crippen LogP contribution in [0.1, 0.15) is 5.56 Å². The predicted octanol–water partition coefficient (Wildman–Crippen LogP) is 3.60. The van der Waals surface area contributed by atoms with Crippen molar-refractivity contribution in [3.8, 4) is 5.88 Å². The Balaban J connectivity index is 1.95. The molecule has 104 valence electrons. The second-order valence-electron chi connectivity index (χ2n) is 3.87. The van der Waals surface area contributed by atoms with Crippen LogP contribution in [-0.2, 0) is 11.3 Å². The smallest absolute Gasteiger partial charge is 0.411 e. The summed E-state index contributed by atoms with van der Waals surface area (Å²) in [5, 5.41) is 2.63. The Morgan fingerprint density at radius 3 is 2.75 bits per heavy atom. The molecule has 6 heteroatoms. The molecule has 0 radical (unpaired) electrons. The van der Waals surface area contributed by atoms with Crippen molar-refractivity contribution < 1.29 is 14.3 Å². The van der Waals surface area contributed by atoms with E-state index in [1.807, 2.05) is 30.3 Å². The quantitative estimate of drug-likeness (QED) is 0.926. The van der Waals surface area contributed by atoms with Crippen LogP contribution in [0.3, 0.4) is 0 Å². The molecule has 0 spiro atoms. The second kappa shape index (κ2) is 6.91. The minimum atomic E-state index is -0.539. The molecule has 1 aromatic carbocycles. The van der Waals surface area contributed by atoms with Crippen LogP contribution in [-0.4, -0.2) is 18.2 Å². The SMILES string of the molecule is COc1nccc(NC(=O)OCc2ccccc2)c1Br. The van der Waals surface area contributed by atoms with Crippen molar-refractivity contribution in [3.63, 3.8) is 0 Å². The highest BCUT2D eigenvalue weighted by molar-refractivity contribution is 9.10. The minimum Gasteiger partial charge on any atom is -0.480 e. The first-order valence-corrected chi connectivity index (χ1v) is 6.66. The molecule has 0 aliphatic heterocycles. The average Bonchev–Trinajstić information content (AvgIpc) is 2.48. The molecule has 0 aliphatic rings. The number of aromatic nitrogens is 1. The maximum atomic E-state index is 11.7. The van der Waals surface area contributed by atoms with Gasteiger partial charge in [-0.05, 0) is 27.6 Å². The van der Waals surface area contributed by atoms with E-state index in [0.717, 1.165) is 5.56 Å². The number of anilines is 1. The monoisotopic (exact) mass is 336 g/mol. The molecule has 1 heterocycles. The largest absolute Gasteiger partial charge is 0.480 e. The first-order chi connectivity index (χ1) is 9.70. The van der Waals surface area contributed by atoms with E-state index in [9.17, 15) is 4.79 Å². The maximum Gasteiger partial charge on any atom is 0.411 e. The van der Waals surface area contributed by atoms with E-state index in [4.69, 9.17) is 9.47 Å². The van der Waals surface area contributed by atoms with Gasteiger partial charge in [0.05, 0.1) is 12.8 Å². The molecule has 0 saturated carbocycles. The molecule has 1 N–H and O–H groups in total. The van der Waals surface area contributed by atoms with E-state index in [1.165, 1.54) is 13.3 Å². The number of nitrogens with one attached hydrogen (secondary N) is 1. The van der Waals surface area contributed by atoms with Crippen LogP contribution >= 0.6 is 15.9 Å². The van der Waals surface area contributed by atoms with Gasteiger partial charge in [-0.25, -0.2) is 9.78 Å². The lowest BCUT2D eigenvalue weighted by Gasteiger charge is -2.10. The number of carbonyl (C=O) groups excluding carboxylic acids is 1. The zero-order valence-electron chi connectivity index (χ0n) is 10.8. The van der Waals surface area contributed by atoms with E-state index in [0.29, 0.717) is 16.0 Å². The van der Waals surface area contributed by atoms with Gasteiger partial charge in [0.25, 0.3) is 0 Å². The van der Waals surface area contributed by atoms with Crippen LogP contribution in [0.25, 0.3) is 0 Å². The van der Waals surface area contributed by atoms with Crippen LogP contribution < -0.4 is 10.1 Å². The first kappa shape index (κ1) is 14.3. The Hall–Kier alpha value is -2.08. The number of benzene rings is 1. The summed E-state index contributed by atoms with van der Waals surface area (Å²) in [6.45, 7) is 0.215. The Bertz CT molecular complexity index is 590. The van der Waals surface area contributed by atoms with Crippen LogP contribution in [0.15, 0.2) is 47.1 Å². The Morgan fingerprint density at radius 2 is 2.05 bits per heavy atom. The number of pyridine rings is 1. The fourth-order valence-corrected chi connectivity index (χ4v) is 2.03. The number of hydrogen-bond acceptors (Lipinski definition) is 4. The number of carbonyl (C=O) groups is 1. The van der Waals surface area contributed by atoms with Crippen molar-refractivity contribution in [2.45, 2.75) is 6.61 Å². The highest BCUT2D eigenvalue weighted by Crippen LogP contribution is 2.29. The molecule has 0 unspecified atom stereocenters. The van der Waals surface area contributed by atoms with Gasteiger partial charge in [-0.1, -0.05) is 30.3 Å². The van der Waals surface area contributed by atoms with Gasteiger partial charge in [-0.3, -0.25) is 5.32 Å². The number of ether oxygens (including phenoxy) is 2. The van der Waals surface area contributed by atoms with E-state index in [1.54, 1.807) is 6.07 Å². The number of methoxy groups -OCH3 is 1. The maximum absolute atomic E-state index is 11.7. The van der Waals surface area contributed by atoms with Crippen molar-refractivity contribution in [2.24, 2.45) is 0 Å². The predicted molar refractivity (Wildman–Crippen MR) is 78.7 cm³/mol. The van der Waals surface area contributed by atoms with Crippen molar-refractivity contribution in [1.82, 2.24) is 4.98 Å². The van der Waals surface area contributed by atoms with Gasteiger partial charge in [0.1, 0.15) is 11.1 Å². The third kappa shape index (κ3) is 3.71. The summed E-state index contributed by atoms with van der Waals surface area (Å²) in [5.41, 5.74) is 1.46. The van der Waals surface area contributed by atoms with Crippen LogP contribution in [0.4, 0.5) is 10.5 Å². The van der Waals surface area contributed by atoms with Gasteiger partial charge >= 0.3 is 6.09 Å². The summed E-state index contributed by atoms with van der Waals surface area (Å²) < 4.78 is 10.7. The van der Waals surface area contributed by atoms with Crippen LogP contribution in [0.5, 0.6) is 5.88 Å². The molecule has 0 bridgehead atoms. The number of hydrogen-bond donors (Lipinski definition) is 1. The summed E-state index contributed by atoms with van der Waals surface area (Å²) in [5.74, 6) is 0.394. The van der Waals surface area contributed by atoms with E-state index in [2.05, 4.69) is 26.2 Å². The van der Waals surface area contributed by atoms with Crippen molar-refractivity contribution >= 4 is 27.7 Å². The fraction of sp³-hybridized carbons (Fsp3) is 0.143. The third-order valence-corrected chi connectivity index (χ3v) is 3.27. The average molecular weight is 337 g/mol. The van der Waals surface area contributed by atoms with Gasteiger partial charge in [0.15, 0.2) is 0 Å². The lowest BCUT2D eigenvalue weighted by Crippen LogP contribution is -2.14. The molecule has 0 fully saturated rings. The Morgan fingerprint density at radius 1 is 1.30 bits per heavy atom. The molecule has 20 heavy (non-hydrogen) atoms. The summed E-state index contributed by atoms with van der Waals surface area (Å²) >= 11 is 3.31. The number of halogens is 1. The minimum absolute atomic E-state index is 0.215. The Kier molecular flexibility index (Phi) is 4.95. The summed E-state index contributed by atoms with van der Waals surface area (Å²) in [6.07, 6.45) is 0.999. The van der Waals surface area contributed by atoms with E-state index in [-0.39, 0.29) is 6.61 Å². The summed E-state index contributed by atoms with van der Waals surface area (Å²) in [7, 11) is 1.50. The lowest BCUT2D eigenvalue weighted by molar-refractivity contribution is 0.155. The molecule has 5 nitrogen and oxygen atoms in total. The summed E-state index contributed by atoms with van der Waals surface area (Å²) in [6, 6.07) is 11.1. The molecular formula is C14H13BrN2O3. The topological polar surface area (TPSA) is 60.5 Å². The highest BCUT2D eigenvalue weighted by Gasteiger charge is 2.11. The van der Waals surface area contributed by atoms with Crippen molar-refractivity contribution in [1.29, 1.82) is 0 Å². The van der Waals surface area contributed by atoms with Gasteiger partial charge in [-0.15, -0.1) is 0 Å². The van der Waals surface area contributed by atoms with Gasteiger partial charge < -0.3 is 9.47 Å². The lowest BCUT2D eigenvalue weighted by atomic mass is 10.2. The molecular weight excluding hydrogens is 324 g/mol. The molecule has 0 aliphatic carbocycles. The molecule has 2 rings (SSSR count). The van der Waals surface area contributed by atoms with Gasteiger partial charge in [0.2, 0.25) is 5.88 Å². The first-order valence-electron chi connectivity index (χ1n) is 5.87. The number of nitrogens with zero attached hydrogens (tertiary/aromatic N) is 1. The molecule has 0 saturated heterocycles. The van der Waals surface area contributed by atoms with Gasteiger partial charge in [0, 0.05) is 6.20 Å². The van der Waals surface area contributed by atoms with E-state index < -0.39 is 6.09 Å². The fourth-order valence-electron chi connectivity index (χ4n) is 1.53. The number of rotatable bonds is 4. The zero-order chi connectivity index (χ0) is 14.4. The highest BCUT2D eigenvalue weighted by atomic mass is 79.9. The normalized spacial score (nSPS) is 9.90. The Labute approximate surface area is 125 Å². The molecule has 1 aromatic heterocycles. The third-order valence-electron chi connectivity index (χ3n) is 2.50. The number of amides is 1. The van der Waals surface area contributed by atoms with Gasteiger partial charge in [-0.2, -0.15) is 0 Å². The van der Waals surface area contributed by atoms with E-state index >= 15 is 0 Å². The second-order valence-corrected chi connectivity index (χ2v) is 4.66. The standard InChI is InChI=1S/C14H13BrN2O3/c1-19-13-12(15)11(7-8-16-13)17-14(18)20-9-10-5-3-2-4-6-10/h2-8H,9H2,1H3,(H,16,17,18). The summed E-state index contributed by atoms with van der Waals surface area (Å²) in [4.78, 5) is 15.7. The van der Waals surface area contributed by atoms with Crippen molar-refractivity contribution in [3.05, 3.63) is 52.6 Å². The molecule has 0 atom stereocenters. The molecule has 1 amide bonds.